The van der Waals surface area contributed by atoms with E-state index in [1.165, 1.54) is 12.1 Å². The lowest BCUT2D eigenvalue weighted by Gasteiger charge is -2.36. The standard InChI is InChI=1S/C14H19NO4S/c1-4-14(5-2)13(16)15-11-9-10(20(17,18)6-3)7-8-12(11)19-14/h7-9H,4-6H2,1-3H3,(H,15,16). The summed E-state index contributed by atoms with van der Waals surface area (Å²) in [5.41, 5.74) is -0.444. The first kappa shape index (κ1) is 14.8. The van der Waals surface area contributed by atoms with Gasteiger partial charge < -0.3 is 10.1 Å². The number of ether oxygens (including phenoxy) is 1. The number of carbonyl (C=O) groups is 1. The molecule has 0 spiro atoms. The molecule has 1 amide bonds. The summed E-state index contributed by atoms with van der Waals surface area (Å²) in [5, 5.41) is 2.76. The van der Waals surface area contributed by atoms with Crippen LogP contribution in [-0.4, -0.2) is 25.7 Å². The van der Waals surface area contributed by atoms with E-state index in [0.717, 1.165) is 0 Å². The van der Waals surface area contributed by atoms with Crippen molar-refractivity contribution in [2.45, 2.75) is 44.1 Å². The first-order valence-corrected chi connectivity index (χ1v) is 8.41. The predicted octanol–water partition coefficient (Wildman–Crippen LogP) is 2.37. The van der Waals surface area contributed by atoms with Crippen LogP contribution in [0.2, 0.25) is 0 Å². The van der Waals surface area contributed by atoms with Gasteiger partial charge in [0.05, 0.1) is 16.3 Å². The van der Waals surface area contributed by atoms with Gasteiger partial charge in [-0.3, -0.25) is 4.79 Å². The number of hydrogen-bond acceptors (Lipinski definition) is 4. The predicted molar refractivity (Wildman–Crippen MR) is 76.7 cm³/mol. The Kier molecular flexibility index (Phi) is 3.77. The second kappa shape index (κ2) is 5.09. The van der Waals surface area contributed by atoms with E-state index in [-0.39, 0.29) is 16.6 Å². The highest BCUT2D eigenvalue weighted by atomic mass is 32.2. The molecule has 2 rings (SSSR count). The van der Waals surface area contributed by atoms with Gasteiger partial charge in [-0.2, -0.15) is 0 Å². The van der Waals surface area contributed by atoms with Gasteiger partial charge in [0.15, 0.2) is 15.4 Å². The van der Waals surface area contributed by atoms with E-state index in [1.807, 2.05) is 13.8 Å². The number of benzene rings is 1. The fourth-order valence-corrected chi connectivity index (χ4v) is 3.17. The average Bonchev–Trinajstić information content (AvgIpc) is 2.46. The minimum atomic E-state index is -3.30. The van der Waals surface area contributed by atoms with Gasteiger partial charge in [0, 0.05) is 0 Å². The molecule has 110 valence electrons. The van der Waals surface area contributed by atoms with E-state index in [2.05, 4.69) is 5.32 Å². The summed E-state index contributed by atoms with van der Waals surface area (Å²) in [6.07, 6.45) is 1.12. The van der Waals surface area contributed by atoms with Crippen molar-refractivity contribution in [2.24, 2.45) is 0 Å². The second-order valence-electron chi connectivity index (χ2n) is 4.82. The lowest BCUT2D eigenvalue weighted by molar-refractivity contribution is -0.133. The zero-order chi connectivity index (χ0) is 15.0. The van der Waals surface area contributed by atoms with Crippen LogP contribution in [0.25, 0.3) is 0 Å². The molecule has 20 heavy (non-hydrogen) atoms. The first-order chi connectivity index (χ1) is 9.38. The molecule has 6 heteroatoms. The molecule has 0 atom stereocenters. The van der Waals surface area contributed by atoms with Crippen molar-refractivity contribution in [1.29, 1.82) is 0 Å². The Balaban J connectivity index is 2.46. The van der Waals surface area contributed by atoms with Crippen LogP contribution >= 0.6 is 0 Å². The number of nitrogens with one attached hydrogen (secondary N) is 1. The van der Waals surface area contributed by atoms with Gasteiger partial charge in [-0.25, -0.2) is 8.42 Å². The van der Waals surface area contributed by atoms with E-state index in [4.69, 9.17) is 4.74 Å². The van der Waals surface area contributed by atoms with E-state index >= 15 is 0 Å². The van der Waals surface area contributed by atoms with Gasteiger partial charge in [0.25, 0.3) is 5.91 Å². The minimum absolute atomic E-state index is 0.0223. The van der Waals surface area contributed by atoms with Crippen molar-refractivity contribution < 1.29 is 17.9 Å². The second-order valence-corrected chi connectivity index (χ2v) is 7.10. The average molecular weight is 297 g/mol. The number of anilines is 1. The monoisotopic (exact) mass is 297 g/mol. The number of rotatable bonds is 4. The van der Waals surface area contributed by atoms with Gasteiger partial charge >= 0.3 is 0 Å². The summed E-state index contributed by atoms with van der Waals surface area (Å²) < 4.78 is 29.5. The topological polar surface area (TPSA) is 72.5 Å². The smallest absolute Gasteiger partial charge is 0.268 e. The third-order valence-corrected chi connectivity index (χ3v) is 5.53. The van der Waals surface area contributed by atoms with Crippen LogP contribution in [-0.2, 0) is 14.6 Å². The lowest BCUT2D eigenvalue weighted by atomic mass is 9.94. The first-order valence-electron chi connectivity index (χ1n) is 6.75. The molecule has 1 aliphatic heterocycles. The summed E-state index contributed by atoms with van der Waals surface area (Å²) in [4.78, 5) is 12.4. The highest BCUT2D eigenvalue weighted by Crippen LogP contribution is 2.38. The molecule has 0 fully saturated rings. The molecule has 0 saturated heterocycles. The molecule has 0 radical (unpaired) electrons. The van der Waals surface area contributed by atoms with Crippen molar-refractivity contribution in [3.05, 3.63) is 18.2 Å². The maximum Gasteiger partial charge on any atom is 0.268 e. The van der Waals surface area contributed by atoms with Gasteiger partial charge in [-0.05, 0) is 31.0 Å². The Morgan fingerprint density at radius 3 is 2.40 bits per heavy atom. The van der Waals surface area contributed by atoms with Gasteiger partial charge in [0.2, 0.25) is 0 Å². The summed E-state index contributed by atoms with van der Waals surface area (Å²) in [5.74, 6) is 0.318. The number of sulfone groups is 1. The highest BCUT2D eigenvalue weighted by molar-refractivity contribution is 7.91. The maximum atomic E-state index is 12.2. The molecule has 1 N–H and O–H groups in total. The van der Waals surface area contributed by atoms with Crippen molar-refractivity contribution in [2.75, 3.05) is 11.1 Å². The maximum absolute atomic E-state index is 12.2. The summed E-state index contributed by atoms with van der Waals surface area (Å²) in [7, 11) is -3.30. The Hall–Kier alpha value is -1.56. The number of hydrogen-bond donors (Lipinski definition) is 1. The molecule has 0 bridgehead atoms. The molecule has 5 nitrogen and oxygen atoms in total. The SMILES string of the molecule is CCC1(CC)Oc2ccc(S(=O)(=O)CC)cc2NC1=O. The van der Waals surface area contributed by atoms with Crippen LogP contribution in [0.1, 0.15) is 33.6 Å². The minimum Gasteiger partial charge on any atom is -0.475 e. The van der Waals surface area contributed by atoms with Crippen LogP contribution in [0.4, 0.5) is 5.69 Å². The number of amides is 1. The molecule has 0 saturated carbocycles. The summed E-state index contributed by atoms with van der Waals surface area (Å²) >= 11 is 0. The third-order valence-electron chi connectivity index (χ3n) is 3.80. The zero-order valence-corrected chi connectivity index (χ0v) is 12.7. The molecule has 1 aromatic rings. The normalized spacial score (nSPS) is 17.1. The molecular formula is C14H19NO4S. The Morgan fingerprint density at radius 1 is 1.20 bits per heavy atom. The van der Waals surface area contributed by atoms with Crippen LogP contribution in [0.5, 0.6) is 5.75 Å². The Morgan fingerprint density at radius 2 is 1.85 bits per heavy atom. The summed E-state index contributed by atoms with van der Waals surface area (Å²) in [6, 6.07) is 4.59. The molecule has 0 aliphatic carbocycles. The van der Waals surface area contributed by atoms with E-state index in [9.17, 15) is 13.2 Å². The number of fused-ring (bicyclic) bond motifs is 1. The van der Waals surface area contributed by atoms with Crippen molar-refractivity contribution in [3.63, 3.8) is 0 Å². The Labute approximate surface area is 119 Å². The zero-order valence-electron chi connectivity index (χ0n) is 11.9. The largest absolute Gasteiger partial charge is 0.475 e. The van der Waals surface area contributed by atoms with E-state index in [0.29, 0.717) is 24.3 Å². The van der Waals surface area contributed by atoms with Crippen molar-refractivity contribution in [1.82, 2.24) is 0 Å². The van der Waals surface area contributed by atoms with Gasteiger partial charge in [0.1, 0.15) is 5.75 Å². The molecular weight excluding hydrogens is 278 g/mol. The molecule has 1 aromatic carbocycles. The highest BCUT2D eigenvalue weighted by Gasteiger charge is 2.41. The Bertz CT molecular complexity index is 633. The number of carbonyl (C=O) groups excluding carboxylic acids is 1. The molecule has 0 unspecified atom stereocenters. The van der Waals surface area contributed by atoms with Crippen molar-refractivity contribution >= 4 is 21.4 Å². The van der Waals surface area contributed by atoms with Crippen LogP contribution < -0.4 is 10.1 Å². The third kappa shape index (κ3) is 2.28. The van der Waals surface area contributed by atoms with E-state index in [1.54, 1.807) is 13.0 Å². The molecule has 0 aromatic heterocycles. The van der Waals surface area contributed by atoms with Crippen LogP contribution in [0, 0.1) is 0 Å². The van der Waals surface area contributed by atoms with Gasteiger partial charge in [-0.15, -0.1) is 0 Å². The molecule has 1 aliphatic rings. The van der Waals surface area contributed by atoms with Crippen molar-refractivity contribution in [3.8, 4) is 5.75 Å². The van der Waals surface area contributed by atoms with Crippen LogP contribution in [0.3, 0.4) is 0 Å². The van der Waals surface area contributed by atoms with Gasteiger partial charge in [-0.1, -0.05) is 20.8 Å². The van der Waals surface area contributed by atoms with Crippen LogP contribution in [0.15, 0.2) is 23.1 Å². The lowest BCUT2D eigenvalue weighted by Crippen LogP contribution is -2.49. The summed E-state index contributed by atoms with van der Waals surface area (Å²) in [6.45, 7) is 5.37. The molecule has 1 heterocycles. The fourth-order valence-electron chi connectivity index (χ4n) is 2.26. The van der Waals surface area contributed by atoms with E-state index < -0.39 is 15.4 Å². The fraction of sp³-hybridized carbons (Fsp3) is 0.500. The quantitative estimate of drug-likeness (QED) is 0.926.